The van der Waals surface area contributed by atoms with Crippen molar-refractivity contribution in [2.24, 2.45) is 5.92 Å². The van der Waals surface area contributed by atoms with Crippen molar-refractivity contribution in [1.82, 2.24) is 9.80 Å². The summed E-state index contributed by atoms with van der Waals surface area (Å²) in [6.45, 7) is 6.15. The third kappa shape index (κ3) is 4.06. The Kier molecular flexibility index (Phi) is 6.65. The van der Waals surface area contributed by atoms with Crippen LogP contribution in [0.4, 0.5) is 5.69 Å². The highest BCUT2D eigenvalue weighted by molar-refractivity contribution is 7.10. The van der Waals surface area contributed by atoms with Gasteiger partial charge in [0, 0.05) is 31.6 Å². The van der Waals surface area contributed by atoms with Crippen molar-refractivity contribution in [2.75, 3.05) is 31.6 Å². The van der Waals surface area contributed by atoms with Crippen LogP contribution in [-0.2, 0) is 4.79 Å². The van der Waals surface area contributed by atoms with Crippen LogP contribution >= 0.6 is 11.3 Å². The molecule has 2 aromatic rings. The van der Waals surface area contributed by atoms with Crippen LogP contribution in [0.5, 0.6) is 0 Å². The van der Waals surface area contributed by atoms with Crippen LogP contribution in [0.25, 0.3) is 0 Å². The maximum atomic E-state index is 13.5. The first-order chi connectivity index (χ1) is 15.4. The fraction of sp³-hybridized carbons (Fsp3) is 0.480. The Morgan fingerprint density at radius 2 is 2.03 bits per heavy atom. The molecule has 3 amide bonds. The molecule has 0 N–H and O–H groups in total. The third-order valence-electron chi connectivity index (χ3n) is 6.60. The monoisotopic (exact) mass is 453 g/mol. The molecule has 0 unspecified atom stereocenters. The number of nitrogens with zero attached hydrogens (tertiary/aromatic N) is 3. The number of anilines is 1. The molecule has 2 atom stereocenters. The summed E-state index contributed by atoms with van der Waals surface area (Å²) in [4.78, 5) is 45.9. The smallest absolute Gasteiger partial charge is 0.264 e. The topological polar surface area (TPSA) is 60.9 Å². The van der Waals surface area contributed by atoms with Crippen LogP contribution in [0.3, 0.4) is 0 Å². The molecule has 4 rings (SSSR count). The van der Waals surface area contributed by atoms with Crippen molar-refractivity contribution < 1.29 is 14.4 Å². The van der Waals surface area contributed by atoms with Crippen molar-refractivity contribution in [3.63, 3.8) is 0 Å². The van der Waals surface area contributed by atoms with E-state index < -0.39 is 0 Å². The van der Waals surface area contributed by atoms with E-state index in [4.69, 9.17) is 0 Å². The average Bonchev–Trinajstić information content (AvgIpc) is 3.44. The van der Waals surface area contributed by atoms with E-state index in [1.54, 1.807) is 17.4 Å². The molecule has 0 spiro atoms. The van der Waals surface area contributed by atoms with E-state index in [2.05, 4.69) is 11.8 Å². The summed E-state index contributed by atoms with van der Waals surface area (Å²) < 4.78 is 0. The number of hydrogen-bond donors (Lipinski definition) is 0. The summed E-state index contributed by atoms with van der Waals surface area (Å²) in [5.74, 6) is -0.396. The second kappa shape index (κ2) is 9.45. The Hall–Kier alpha value is -2.67. The van der Waals surface area contributed by atoms with Gasteiger partial charge in [-0.2, -0.15) is 0 Å². The Labute approximate surface area is 193 Å². The number of imide groups is 1. The molecule has 170 valence electrons. The van der Waals surface area contributed by atoms with Crippen molar-refractivity contribution in [3.05, 3.63) is 51.7 Å². The maximum absolute atomic E-state index is 13.5. The number of benzene rings is 1. The van der Waals surface area contributed by atoms with Gasteiger partial charge in [-0.25, -0.2) is 0 Å². The molecule has 0 aliphatic carbocycles. The minimum Gasteiger partial charge on any atom is -0.370 e. The van der Waals surface area contributed by atoms with Gasteiger partial charge in [-0.1, -0.05) is 25.5 Å². The van der Waals surface area contributed by atoms with Crippen molar-refractivity contribution in [3.8, 4) is 0 Å². The summed E-state index contributed by atoms with van der Waals surface area (Å²) >= 11 is 1.55. The lowest BCUT2D eigenvalue weighted by Crippen LogP contribution is -2.44. The first kappa shape index (κ1) is 22.5. The van der Waals surface area contributed by atoms with Crippen molar-refractivity contribution in [2.45, 2.75) is 45.6 Å². The average molecular weight is 454 g/mol. The van der Waals surface area contributed by atoms with Crippen LogP contribution in [0.15, 0.2) is 35.7 Å². The first-order valence-electron chi connectivity index (χ1n) is 11.5. The molecule has 6 nitrogen and oxygen atoms in total. The molecule has 32 heavy (non-hydrogen) atoms. The largest absolute Gasteiger partial charge is 0.370 e. The molecule has 2 aliphatic rings. The number of thiophene rings is 1. The van der Waals surface area contributed by atoms with E-state index in [0.29, 0.717) is 17.7 Å². The van der Waals surface area contributed by atoms with Crippen LogP contribution in [0.2, 0.25) is 0 Å². The molecular formula is C25H31N3O3S. The van der Waals surface area contributed by atoms with Gasteiger partial charge in [0.25, 0.3) is 11.8 Å². The zero-order valence-corrected chi connectivity index (χ0v) is 19.9. The van der Waals surface area contributed by atoms with Gasteiger partial charge in [0.15, 0.2) is 0 Å². The van der Waals surface area contributed by atoms with Gasteiger partial charge in [0.2, 0.25) is 5.91 Å². The van der Waals surface area contributed by atoms with Gasteiger partial charge in [-0.15, -0.1) is 11.3 Å². The Morgan fingerprint density at radius 1 is 1.22 bits per heavy atom. The molecule has 2 aliphatic heterocycles. The lowest BCUT2D eigenvalue weighted by atomic mass is 9.95. The molecule has 0 bridgehead atoms. The van der Waals surface area contributed by atoms with Crippen LogP contribution in [-0.4, -0.2) is 54.2 Å². The quantitative estimate of drug-likeness (QED) is 0.576. The highest BCUT2D eigenvalue weighted by Gasteiger charge is 2.42. The van der Waals surface area contributed by atoms with Crippen molar-refractivity contribution in [1.29, 1.82) is 0 Å². The van der Waals surface area contributed by atoms with Crippen LogP contribution in [0, 0.1) is 5.92 Å². The molecular weight excluding hydrogens is 422 g/mol. The Balaban J connectivity index is 1.58. The first-order valence-corrected chi connectivity index (χ1v) is 12.4. The summed E-state index contributed by atoms with van der Waals surface area (Å²) in [7, 11) is 1.88. The summed E-state index contributed by atoms with van der Waals surface area (Å²) in [5, 5.41) is 1.96. The molecule has 1 fully saturated rings. The molecule has 1 aromatic carbocycles. The summed E-state index contributed by atoms with van der Waals surface area (Å²) in [5.41, 5.74) is 1.72. The molecule has 0 radical (unpaired) electrons. The number of rotatable bonds is 7. The Bertz CT molecular complexity index is 1000. The van der Waals surface area contributed by atoms with E-state index in [0.717, 1.165) is 49.3 Å². The lowest BCUT2D eigenvalue weighted by Gasteiger charge is -2.36. The zero-order chi connectivity index (χ0) is 22.8. The number of hydrogen-bond acceptors (Lipinski definition) is 5. The normalized spacial score (nSPS) is 19.3. The van der Waals surface area contributed by atoms with Gasteiger partial charge >= 0.3 is 0 Å². The third-order valence-corrected chi connectivity index (χ3v) is 7.64. The number of carbonyl (C=O) groups excluding carboxylic acids is 3. The van der Waals surface area contributed by atoms with E-state index in [9.17, 15) is 14.4 Å². The lowest BCUT2D eigenvalue weighted by molar-refractivity contribution is -0.134. The fourth-order valence-corrected chi connectivity index (χ4v) is 5.55. The molecule has 7 heteroatoms. The number of amides is 3. The van der Waals surface area contributed by atoms with Crippen LogP contribution in [0.1, 0.15) is 71.2 Å². The summed E-state index contributed by atoms with van der Waals surface area (Å²) in [6.07, 6.45) is 3.80. The van der Waals surface area contributed by atoms with E-state index in [1.165, 1.54) is 4.90 Å². The molecule has 1 saturated heterocycles. The predicted octanol–water partition coefficient (Wildman–Crippen LogP) is 4.58. The number of piperidine rings is 1. The molecule has 0 saturated carbocycles. The summed E-state index contributed by atoms with van der Waals surface area (Å²) in [6, 6.07) is 9.08. The second-order valence-corrected chi connectivity index (χ2v) is 9.75. The SMILES string of the molecule is CCCCN(C)C(=O)[C@H]1CCCN(c2cccc3c2C(=O)N([C@H](C)c2cccs2)C3=O)C1. The second-order valence-electron chi connectivity index (χ2n) is 8.77. The van der Waals surface area contributed by atoms with Crippen molar-refractivity contribution >= 4 is 34.7 Å². The van der Waals surface area contributed by atoms with E-state index in [1.807, 2.05) is 48.5 Å². The van der Waals surface area contributed by atoms with Gasteiger partial charge in [0.05, 0.1) is 28.8 Å². The number of unbranched alkanes of at least 4 members (excludes halogenated alkanes) is 1. The number of carbonyl (C=O) groups is 3. The van der Waals surface area contributed by atoms with Gasteiger partial charge in [-0.05, 0) is 49.8 Å². The van der Waals surface area contributed by atoms with Gasteiger partial charge in [-0.3, -0.25) is 19.3 Å². The zero-order valence-electron chi connectivity index (χ0n) is 19.0. The molecule has 3 heterocycles. The highest BCUT2D eigenvalue weighted by atomic mass is 32.1. The minimum absolute atomic E-state index is 0.0881. The predicted molar refractivity (Wildman–Crippen MR) is 127 cm³/mol. The number of fused-ring (bicyclic) bond motifs is 1. The standard InChI is InChI=1S/C25H31N3O3S/c1-4-5-13-26(3)23(29)18-9-7-14-27(16-18)20-11-6-10-19-22(20)25(31)28(24(19)30)17(2)21-12-8-15-32-21/h6,8,10-12,15,17-18H,4-5,7,9,13-14,16H2,1-3H3/t17-,18+/m1/s1. The fourth-order valence-electron chi connectivity index (χ4n) is 4.77. The molecule has 1 aromatic heterocycles. The van der Waals surface area contributed by atoms with Gasteiger partial charge < -0.3 is 9.80 Å². The Morgan fingerprint density at radius 3 is 2.75 bits per heavy atom. The van der Waals surface area contributed by atoms with E-state index in [-0.39, 0.29) is 29.7 Å². The highest BCUT2D eigenvalue weighted by Crippen LogP contribution is 2.38. The van der Waals surface area contributed by atoms with Crippen LogP contribution < -0.4 is 4.90 Å². The maximum Gasteiger partial charge on any atom is 0.264 e. The van der Waals surface area contributed by atoms with E-state index >= 15 is 0 Å². The minimum atomic E-state index is -0.307. The van der Waals surface area contributed by atoms with Gasteiger partial charge in [0.1, 0.15) is 0 Å².